The first-order chi connectivity index (χ1) is 7.11. The van der Waals surface area contributed by atoms with Crippen molar-refractivity contribution in [3.05, 3.63) is 11.6 Å². The van der Waals surface area contributed by atoms with Crippen LogP contribution in [-0.2, 0) is 0 Å². The van der Waals surface area contributed by atoms with Crippen molar-refractivity contribution in [1.29, 1.82) is 0 Å². The smallest absolute Gasteiger partial charge is 0.150 e. The van der Waals surface area contributed by atoms with Crippen molar-refractivity contribution in [1.82, 2.24) is 20.1 Å². The van der Waals surface area contributed by atoms with Crippen LogP contribution in [0, 0.1) is 12.8 Å². The Bertz CT molecular complexity index is 342. The first kappa shape index (κ1) is 10.6. The Kier molecular flexibility index (Phi) is 2.78. The molecule has 1 aromatic heterocycles. The first-order valence-electron chi connectivity index (χ1n) is 5.76. The summed E-state index contributed by atoms with van der Waals surface area (Å²) in [6.07, 6.45) is 1.23. The van der Waals surface area contributed by atoms with Gasteiger partial charge in [0.2, 0.25) is 0 Å². The maximum atomic E-state index is 4.32. The summed E-state index contributed by atoms with van der Waals surface area (Å²) >= 11 is 0. The van der Waals surface area contributed by atoms with E-state index in [2.05, 4.69) is 40.9 Å². The normalized spacial score (nSPS) is 26.5. The average Bonchev–Trinajstić information content (AvgIpc) is 2.71. The fourth-order valence-corrected chi connectivity index (χ4v) is 2.42. The lowest BCUT2D eigenvalue weighted by molar-refractivity contribution is 0.436. The Morgan fingerprint density at radius 1 is 1.40 bits per heavy atom. The van der Waals surface area contributed by atoms with Crippen LogP contribution in [0.5, 0.6) is 0 Å². The number of aryl methyl sites for hydroxylation is 1. The highest BCUT2D eigenvalue weighted by Crippen LogP contribution is 2.29. The van der Waals surface area contributed by atoms with Gasteiger partial charge in [0.15, 0.2) is 5.82 Å². The van der Waals surface area contributed by atoms with Crippen molar-refractivity contribution in [3.8, 4) is 0 Å². The molecule has 2 rings (SSSR count). The van der Waals surface area contributed by atoms with E-state index in [0.29, 0.717) is 18.0 Å². The molecule has 1 aromatic rings. The molecule has 0 spiro atoms. The molecule has 1 saturated heterocycles. The van der Waals surface area contributed by atoms with Gasteiger partial charge in [-0.15, -0.1) is 10.2 Å². The van der Waals surface area contributed by atoms with Crippen LogP contribution in [0.1, 0.15) is 50.9 Å². The second kappa shape index (κ2) is 3.93. The van der Waals surface area contributed by atoms with E-state index in [1.54, 1.807) is 0 Å². The summed E-state index contributed by atoms with van der Waals surface area (Å²) < 4.78 is 2.24. The van der Waals surface area contributed by atoms with E-state index < -0.39 is 0 Å². The highest BCUT2D eigenvalue weighted by molar-refractivity contribution is 5.05. The molecular weight excluding hydrogens is 188 g/mol. The number of rotatable bonds is 2. The van der Waals surface area contributed by atoms with Crippen molar-refractivity contribution in [2.24, 2.45) is 5.92 Å². The maximum Gasteiger partial charge on any atom is 0.150 e. The van der Waals surface area contributed by atoms with Crippen LogP contribution in [0.25, 0.3) is 0 Å². The summed E-state index contributed by atoms with van der Waals surface area (Å²) in [7, 11) is 0. The third kappa shape index (κ3) is 1.78. The molecule has 2 unspecified atom stereocenters. The molecule has 4 nitrogen and oxygen atoms in total. The van der Waals surface area contributed by atoms with Gasteiger partial charge in [0.1, 0.15) is 5.82 Å². The monoisotopic (exact) mass is 208 g/mol. The van der Waals surface area contributed by atoms with Crippen LogP contribution in [0.3, 0.4) is 0 Å². The lowest BCUT2D eigenvalue weighted by Crippen LogP contribution is -2.22. The molecule has 15 heavy (non-hydrogen) atoms. The minimum atomic E-state index is 0.383. The zero-order valence-electron chi connectivity index (χ0n) is 9.99. The quantitative estimate of drug-likeness (QED) is 0.806. The molecule has 4 heteroatoms. The second-order valence-corrected chi connectivity index (χ2v) is 4.77. The fourth-order valence-electron chi connectivity index (χ4n) is 2.42. The van der Waals surface area contributed by atoms with Crippen molar-refractivity contribution in [3.63, 3.8) is 0 Å². The Labute approximate surface area is 91.1 Å². The van der Waals surface area contributed by atoms with Crippen molar-refractivity contribution >= 4 is 0 Å². The molecule has 2 atom stereocenters. The molecule has 0 aliphatic carbocycles. The molecule has 1 aliphatic rings. The summed E-state index contributed by atoms with van der Waals surface area (Å²) in [5.41, 5.74) is 0. The van der Waals surface area contributed by atoms with Gasteiger partial charge in [-0.1, -0.05) is 6.92 Å². The molecule has 0 bridgehead atoms. The molecule has 0 amide bonds. The predicted octanol–water partition coefficient (Wildman–Crippen LogP) is 1.84. The Morgan fingerprint density at radius 3 is 2.67 bits per heavy atom. The van der Waals surface area contributed by atoms with Crippen LogP contribution in [0.4, 0.5) is 0 Å². The van der Waals surface area contributed by atoms with E-state index in [0.717, 1.165) is 18.2 Å². The third-order valence-electron chi connectivity index (χ3n) is 3.22. The molecule has 0 saturated carbocycles. The first-order valence-corrected chi connectivity index (χ1v) is 5.76. The van der Waals surface area contributed by atoms with E-state index in [9.17, 15) is 0 Å². The van der Waals surface area contributed by atoms with Crippen LogP contribution in [0.2, 0.25) is 0 Å². The van der Waals surface area contributed by atoms with Gasteiger partial charge in [-0.3, -0.25) is 0 Å². The molecule has 1 fully saturated rings. The predicted molar refractivity (Wildman–Crippen MR) is 59.7 cm³/mol. The van der Waals surface area contributed by atoms with Gasteiger partial charge in [0, 0.05) is 6.04 Å². The number of nitrogens with zero attached hydrogens (tertiary/aromatic N) is 3. The number of nitrogens with one attached hydrogen (secondary N) is 1. The molecule has 2 heterocycles. The number of hydrogen-bond donors (Lipinski definition) is 1. The zero-order valence-corrected chi connectivity index (χ0v) is 9.99. The SMILES string of the molecule is Cc1nnc(C2NCCC2C)n1C(C)C. The van der Waals surface area contributed by atoms with Crippen LogP contribution >= 0.6 is 0 Å². The van der Waals surface area contributed by atoms with Crippen LogP contribution < -0.4 is 5.32 Å². The summed E-state index contributed by atoms with van der Waals surface area (Å²) in [5.74, 6) is 2.78. The summed E-state index contributed by atoms with van der Waals surface area (Å²) in [6, 6.07) is 0.818. The fraction of sp³-hybridized carbons (Fsp3) is 0.818. The number of hydrogen-bond acceptors (Lipinski definition) is 3. The van der Waals surface area contributed by atoms with E-state index in [1.165, 1.54) is 6.42 Å². The summed E-state index contributed by atoms with van der Waals surface area (Å²) in [4.78, 5) is 0. The molecular formula is C11H20N4. The van der Waals surface area contributed by atoms with E-state index >= 15 is 0 Å². The van der Waals surface area contributed by atoms with E-state index in [-0.39, 0.29) is 0 Å². The van der Waals surface area contributed by atoms with Crippen LogP contribution in [0.15, 0.2) is 0 Å². The third-order valence-corrected chi connectivity index (χ3v) is 3.22. The van der Waals surface area contributed by atoms with Crippen molar-refractivity contribution < 1.29 is 0 Å². The van der Waals surface area contributed by atoms with Gasteiger partial charge in [0.05, 0.1) is 6.04 Å². The van der Waals surface area contributed by atoms with E-state index in [1.807, 2.05) is 6.92 Å². The van der Waals surface area contributed by atoms with E-state index in [4.69, 9.17) is 0 Å². The topological polar surface area (TPSA) is 42.7 Å². The molecule has 0 aromatic carbocycles. The Hall–Kier alpha value is -0.900. The maximum absolute atomic E-state index is 4.32. The van der Waals surface area contributed by atoms with Gasteiger partial charge in [-0.05, 0) is 39.7 Å². The van der Waals surface area contributed by atoms with Gasteiger partial charge in [-0.2, -0.15) is 0 Å². The lowest BCUT2D eigenvalue weighted by Gasteiger charge is -2.19. The van der Waals surface area contributed by atoms with Gasteiger partial charge in [-0.25, -0.2) is 0 Å². The summed E-state index contributed by atoms with van der Waals surface area (Å²) in [5, 5.41) is 12.0. The highest BCUT2D eigenvalue weighted by Gasteiger charge is 2.29. The molecule has 84 valence electrons. The van der Waals surface area contributed by atoms with Crippen molar-refractivity contribution in [2.45, 2.75) is 46.2 Å². The largest absolute Gasteiger partial charge is 0.311 e. The Balaban J connectivity index is 2.35. The van der Waals surface area contributed by atoms with Gasteiger partial charge in [0.25, 0.3) is 0 Å². The standard InChI is InChI=1S/C11H20N4/c1-7(2)15-9(4)13-14-11(15)10-8(3)5-6-12-10/h7-8,10,12H,5-6H2,1-4H3. The minimum Gasteiger partial charge on any atom is -0.311 e. The Morgan fingerprint density at radius 2 is 2.13 bits per heavy atom. The number of aromatic nitrogens is 3. The minimum absolute atomic E-state index is 0.383. The lowest BCUT2D eigenvalue weighted by atomic mass is 10.0. The molecule has 1 aliphatic heterocycles. The second-order valence-electron chi connectivity index (χ2n) is 4.77. The molecule has 0 radical (unpaired) electrons. The van der Waals surface area contributed by atoms with Crippen molar-refractivity contribution in [2.75, 3.05) is 6.54 Å². The zero-order chi connectivity index (χ0) is 11.0. The van der Waals surface area contributed by atoms with Crippen LogP contribution in [-0.4, -0.2) is 21.3 Å². The van der Waals surface area contributed by atoms with Gasteiger partial charge < -0.3 is 9.88 Å². The summed E-state index contributed by atoms with van der Waals surface area (Å²) in [6.45, 7) is 9.75. The molecule has 1 N–H and O–H groups in total. The average molecular weight is 208 g/mol. The highest BCUT2D eigenvalue weighted by atomic mass is 15.3. The van der Waals surface area contributed by atoms with Gasteiger partial charge >= 0.3 is 0 Å².